The Bertz CT molecular complexity index is 2860. The Morgan fingerprint density at radius 3 is 2.45 bits per heavy atom. The molecule has 2 aromatic heterocycles. The Balaban J connectivity index is 1.10. The molecule has 19 heteroatoms. The van der Waals surface area contributed by atoms with Gasteiger partial charge < -0.3 is 29.2 Å². The summed E-state index contributed by atoms with van der Waals surface area (Å²) in [4.78, 5) is 50.2. The van der Waals surface area contributed by atoms with E-state index >= 15 is 4.39 Å². The SMILES string of the molecule is CCC(CN(C(=O)c1ccc(N2CCN(CC3=C(c4ccc(Cl)cc4)CC(C)(C)CC3)CC2)cc1Oc1cnc2[nH]ccc2c1)S(=O)(=O)c1ccc(OCC2(F)CCOCC2)c([N+](=O)[O-])c1)C(=O)O. The van der Waals surface area contributed by atoms with Gasteiger partial charge in [-0.1, -0.05) is 50.1 Å². The molecule has 3 aromatic carbocycles. The Morgan fingerprint density at radius 1 is 1.01 bits per heavy atom. The number of benzene rings is 3. The molecule has 366 valence electrons. The fourth-order valence-corrected chi connectivity index (χ4v) is 10.7. The van der Waals surface area contributed by atoms with Gasteiger partial charge in [-0.25, -0.2) is 22.1 Å². The Labute approximate surface area is 405 Å². The minimum atomic E-state index is -5.03. The Kier molecular flexibility index (Phi) is 14.6. The molecule has 1 aliphatic carbocycles. The average Bonchev–Trinajstić information content (AvgIpc) is 3.80. The molecule has 69 heavy (non-hydrogen) atoms. The van der Waals surface area contributed by atoms with Crippen LogP contribution < -0.4 is 14.4 Å². The van der Waals surface area contributed by atoms with Gasteiger partial charge in [0, 0.05) is 93.2 Å². The first kappa shape index (κ1) is 49.3. The van der Waals surface area contributed by atoms with Crippen LogP contribution in [0.3, 0.4) is 0 Å². The number of ether oxygens (including phenoxy) is 3. The number of halogens is 2. The smallest absolute Gasteiger partial charge is 0.312 e. The average molecular weight is 988 g/mol. The van der Waals surface area contributed by atoms with E-state index in [1.807, 2.05) is 12.1 Å². The molecule has 3 aliphatic rings. The molecule has 1 unspecified atom stereocenters. The molecule has 16 nitrogen and oxygen atoms in total. The zero-order valence-corrected chi connectivity index (χ0v) is 40.4. The number of H-pyrrole nitrogens is 1. The van der Waals surface area contributed by atoms with Crippen molar-refractivity contribution < 1.29 is 46.6 Å². The number of nitrogens with one attached hydrogen (secondary N) is 1. The number of carbonyl (C=O) groups excluding carboxylic acids is 1. The van der Waals surface area contributed by atoms with Gasteiger partial charge in [-0.05, 0) is 90.8 Å². The van der Waals surface area contributed by atoms with Gasteiger partial charge in [0.25, 0.3) is 15.9 Å². The summed E-state index contributed by atoms with van der Waals surface area (Å²) in [6.07, 6.45) is 6.20. The molecule has 2 N–H and O–H groups in total. The number of alkyl halides is 1. The number of nitrogens with zero attached hydrogens (tertiary/aromatic N) is 5. The van der Waals surface area contributed by atoms with E-state index < -0.39 is 62.1 Å². The molecule has 2 saturated heterocycles. The highest BCUT2D eigenvalue weighted by atomic mass is 35.5. The number of piperazine rings is 1. The van der Waals surface area contributed by atoms with Crippen LogP contribution in [0.4, 0.5) is 15.8 Å². The van der Waals surface area contributed by atoms with E-state index in [0.29, 0.717) is 39.1 Å². The maximum absolute atomic E-state index is 15.4. The number of anilines is 1. The molecule has 0 bridgehead atoms. The molecule has 0 saturated carbocycles. The fourth-order valence-electron chi connectivity index (χ4n) is 9.11. The number of sulfonamides is 1. The van der Waals surface area contributed by atoms with Crippen molar-refractivity contribution in [2.24, 2.45) is 11.3 Å². The molecule has 5 aromatic rings. The second-order valence-corrected chi connectivity index (χ2v) is 21.1. The van der Waals surface area contributed by atoms with E-state index in [1.54, 1.807) is 37.4 Å². The molecular formula is C50H56ClFN6O10S. The lowest BCUT2D eigenvalue weighted by Gasteiger charge is -2.39. The van der Waals surface area contributed by atoms with E-state index in [9.17, 15) is 33.2 Å². The summed E-state index contributed by atoms with van der Waals surface area (Å²) in [5.74, 6) is -3.98. The monoisotopic (exact) mass is 986 g/mol. The van der Waals surface area contributed by atoms with E-state index in [2.05, 4.69) is 45.7 Å². The molecule has 4 heterocycles. The maximum Gasteiger partial charge on any atom is 0.312 e. The van der Waals surface area contributed by atoms with E-state index in [-0.39, 0.29) is 60.7 Å². The number of aromatic amines is 1. The van der Waals surface area contributed by atoms with Crippen LogP contribution in [0.15, 0.2) is 95.7 Å². The van der Waals surface area contributed by atoms with Crippen LogP contribution in [-0.4, -0.2) is 114 Å². The van der Waals surface area contributed by atoms with Crippen LogP contribution >= 0.6 is 11.6 Å². The first-order valence-electron chi connectivity index (χ1n) is 23.1. The number of amides is 1. The van der Waals surface area contributed by atoms with Crippen molar-refractivity contribution in [3.05, 3.63) is 117 Å². The summed E-state index contributed by atoms with van der Waals surface area (Å²) in [5.41, 5.74) is 2.64. The molecule has 1 atom stereocenters. The number of allylic oxidation sites excluding steroid dienone is 1. The number of carboxylic acids is 1. The van der Waals surface area contributed by atoms with Gasteiger partial charge in [0.2, 0.25) is 0 Å². The minimum Gasteiger partial charge on any atom is -0.483 e. The topological polar surface area (TPSA) is 198 Å². The molecule has 2 aliphatic heterocycles. The van der Waals surface area contributed by atoms with Crippen molar-refractivity contribution in [1.82, 2.24) is 19.2 Å². The number of hydrogen-bond donors (Lipinski definition) is 2. The highest BCUT2D eigenvalue weighted by molar-refractivity contribution is 7.89. The normalized spacial score (nSPS) is 17.9. The van der Waals surface area contributed by atoms with Gasteiger partial charge in [0.15, 0.2) is 5.75 Å². The number of pyridine rings is 1. The number of nitro benzene ring substituents is 1. The standard InChI is InChI=1S/C50H56ClFN6O10S/c1-4-33(48(60)61)31-57(69(64,65)40-10-12-44(43(27-40)58(62)63)67-32-50(52)16-23-66-24-17-50)47(59)41-11-9-38(26-45(41)68-39-25-35-14-18-53-46(35)54-29-39)56-21-19-55(20-22-56)30-36-13-15-49(2,3)28-42(36)34-5-7-37(51)8-6-34/h5-12,14,18,25-27,29,33H,4,13,15-17,19-24,28,30-32H2,1-3H3,(H,53,54)(H,60,61). The summed E-state index contributed by atoms with van der Waals surface area (Å²) in [5, 5.41) is 23.9. The number of carbonyl (C=O) groups is 2. The van der Waals surface area contributed by atoms with E-state index in [1.165, 1.54) is 29.0 Å². The lowest BCUT2D eigenvalue weighted by atomic mass is 9.72. The van der Waals surface area contributed by atoms with Gasteiger partial charge in [-0.3, -0.25) is 24.6 Å². The lowest BCUT2D eigenvalue weighted by molar-refractivity contribution is -0.386. The predicted octanol–water partition coefficient (Wildman–Crippen LogP) is 9.54. The van der Waals surface area contributed by atoms with E-state index in [4.69, 9.17) is 25.8 Å². The summed E-state index contributed by atoms with van der Waals surface area (Å²) in [6, 6.07) is 19.1. The van der Waals surface area contributed by atoms with Crippen LogP contribution in [0.5, 0.6) is 17.2 Å². The van der Waals surface area contributed by atoms with Gasteiger partial charge in [0.1, 0.15) is 29.4 Å². The van der Waals surface area contributed by atoms with Crippen molar-refractivity contribution in [2.45, 2.75) is 69.9 Å². The summed E-state index contributed by atoms with van der Waals surface area (Å²) < 4.78 is 62.4. The summed E-state index contributed by atoms with van der Waals surface area (Å²) in [7, 11) is -5.03. The van der Waals surface area contributed by atoms with E-state index in [0.717, 1.165) is 57.1 Å². The number of rotatable bonds is 17. The quantitative estimate of drug-likeness (QED) is 0.0660. The second-order valence-electron chi connectivity index (χ2n) is 18.8. The molecule has 2 fully saturated rings. The Hall–Kier alpha value is -6.08. The predicted molar refractivity (Wildman–Crippen MR) is 259 cm³/mol. The van der Waals surface area contributed by atoms with Gasteiger partial charge in [0.05, 0.1) is 34.0 Å². The summed E-state index contributed by atoms with van der Waals surface area (Å²) >= 11 is 6.25. The van der Waals surface area contributed by atoms with Crippen LogP contribution in [0.1, 0.15) is 75.2 Å². The van der Waals surface area contributed by atoms with Crippen molar-refractivity contribution in [2.75, 3.05) is 64.0 Å². The first-order chi connectivity index (χ1) is 32.9. The van der Waals surface area contributed by atoms with Gasteiger partial charge in [-0.2, -0.15) is 0 Å². The molecule has 0 spiro atoms. The zero-order valence-electron chi connectivity index (χ0n) is 38.8. The first-order valence-corrected chi connectivity index (χ1v) is 24.9. The highest BCUT2D eigenvalue weighted by Crippen LogP contribution is 2.44. The van der Waals surface area contributed by atoms with Crippen molar-refractivity contribution in [3.63, 3.8) is 0 Å². The third-order valence-electron chi connectivity index (χ3n) is 13.4. The summed E-state index contributed by atoms with van der Waals surface area (Å²) in [6.45, 7) is 8.69. The second kappa shape index (κ2) is 20.5. The molecule has 1 amide bonds. The van der Waals surface area contributed by atoms with Crippen LogP contribution in [0.25, 0.3) is 16.6 Å². The zero-order chi connectivity index (χ0) is 49.1. The third kappa shape index (κ3) is 11.4. The van der Waals surface area contributed by atoms with Crippen molar-refractivity contribution in [1.29, 1.82) is 0 Å². The number of nitro groups is 1. The van der Waals surface area contributed by atoms with Crippen LogP contribution in [0.2, 0.25) is 5.02 Å². The molecular weight excluding hydrogens is 931 g/mol. The molecule has 8 rings (SSSR count). The third-order valence-corrected chi connectivity index (χ3v) is 15.4. The van der Waals surface area contributed by atoms with Gasteiger partial charge in [-0.15, -0.1) is 0 Å². The number of carboxylic acid groups (broad SMARTS) is 1. The van der Waals surface area contributed by atoms with Crippen LogP contribution in [-0.2, 0) is 19.6 Å². The maximum atomic E-state index is 15.4. The molecule has 0 radical (unpaired) electrons. The fraction of sp³-hybridized carbons (Fsp3) is 0.420. The van der Waals surface area contributed by atoms with Crippen molar-refractivity contribution >= 4 is 61.5 Å². The minimum absolute atomic E-state index is 0.0115. The number of aliphatic carboxylic acids is 1. The van der Waals surface area contributed by atoms with Crippen molar-refractivity contribution in [3.8, 4) is 17.2 Å². The highest BCUT2D eigenvalue weighted by Gasteiger charge is 2.39. The number of fused-ring (bicyclic) bond motifs is 1. The van der Waals surface area contributed by atoms with Gasteiger partial charge >= 0.3 is 11.7 Å². The Morgan fingerprint density at radius 2 is 1.75 bits per heavy atom. The number of hydrogen-bond acceptors (Lipinski definition) is 12. The number of aromatic nitrogens is 2. The lowest BCUT2D eigenvalue weighted by Crippen LogP contribution is -2.47. The largest absolute Gasteiger partial charge is 0.483 e. The van der Waals surface area contributed by atoms with Crippen LogP contribution in [0, 0.1) is 21.4 Å².